The Morgan fingerprint density at radius 3 is 2.40 bits per heavy atom. The van der Waals surface area contributed by atoms with Gasteiger partial charge in [0.1, 0.15) is 0 Å². The largest absolute Gasteiger partial charge is 0.327 e. The first-order valence-corrected chi connectivity index (χ1v) is 8.70. The molecular weight excluding hydrogens is 330 g/mol. The number of hydrogen-bond donors (Lipinski definition) is 1. The Bertz CT molecular complexity index is 498. The number of rotatable bonds is 7. The van der Waals surface area contributed by atoms with Crippen LogP contribution in [0.15, 0.2) is 64.0 Å². The van der Waals surface area contributed by atoms with E-state index in [1.165, 1.54) is 10.5 Å². The van der Waals surface area contributed by atoms with Crippen LogP contribution in [0.4, 0.5) is 0 Å². The number of benzene rings is 2. The number of halogens is 1. The molecule has 1 atom stereocenters. The van der Waals surface area contributed by atoms with Crippen molar-refractivity contribution >= 4 is 27.7 Å². The molecule has 0 bridgehead atoms. The summed E-state index contributed by atoms with van der Waals surface area (Å²) in [5.41, 5.74) is 7.59. The zero-order valence-electron chi connectivity index (χ0n) is 11.5. The van der Waals surface area contributed by atoms with Gasteiger partial charge >= 0.3 is 0 Å². The molecular formula is C17H20BrNS. The average molecular weight is 350 g/mol. The minimum Gasteiger partial charge on any atom is -0.327 e. The van der Waals surface area contributed by atoms with Gasteiger partial charge in [0, 0.05) is 21.2 Å². The molecule has 0 aliphatic rings. The third kappa shape index (κ3) is 5.70. The zero-order valence-corrected chi connectivity index (χ0v) is 13.9. The first-order chi connectivity index (χ1) is 9.74. The predicted octanol–water partition coefficient (Wildman–Crippen LogP) is 4.89. The van der Waals surface area contributed by atoms with Crippen LogP contribution < -0.4 is 5.73 Å². The molecule has 0 saturated carbocycles. The molecule has 0 aliphatic carbocycles. The van der Waals surface area contributed by atoms with Crippen molar-refractivity contribution in [3.05, 3.63) is 64.6 Å². The summed E-state index contributed by atoms with van der Waals surface area (Å²) in [5, 5.41) is 0. The molecule has 2 aromatic carbocycles. The quantitative estimate of drug-likeness (QED) is 0.720. The molecule has 2 aromatic rings. The van der Waals surface area contributed by atoms with Crippen molar-refractivity contribution in [1.29, 1.82) is 0 Å². The van der Waals surface area contributed by atoms with Gasteiger partial charge in [-0.25, -0.2) is 0 Å². The highest BCUT2D eigenvalue weighted by molar-refractivity contribution is 9.10. The standard InChI is InChI=1S/C17H20BrNS/c18-15-9-11-17(12-10-15)20-13-16(19)8-4-7-14-5-2-1-3-6-14/h1-3,5-6,9-12,16H,4,7-8,13,19H2. The molecule has 0 heterocycles. The molecule has 0 radical (unpaired) electrons. The van der Waals surface area contributed by atoms with Gasteiger partial charge in [-0.3, -0.25) is 0 Å². The summed E-state index contributed by atoms with van der Waals surface area (Å²) in [6.07, 6.45) is 3.36. The Morgan fingerprint density at radius 2 is 1.70 bits per heavy atom. The SMILES string of the molecule is NC(CCCc1ccccc1)CSc1ccc(Br)cc1. The summed E-state index contributed by atoms with van der Waals surface area (Å²) in [6, 6.07) is 19.3. The van der Waals surface area contributed by atoms with E-state index in [4.69, 9.17) is 5.73 Å². The second kappa shape index (κ2) is 8.50. The lowest BCUT2D eigenvalue weighted by atomic mass is 10.1. The van der Waals surface area contributed by atoms with Crippen molar-refractivity contribution in [1.82, 2.24) is 0 Å². The van der Waals surface area contributed by atoms with E-state index >= 15 is 0 Å². The summed E-state index contributed by atoms with van der Waals surface area (Å²) < 4.78 is 1.12. The smallest absolute Gasteiger partial charge is 0.0176 e. The molecule has 0 aromatic heterocycles. The number of nitrogens with two attached hydrogens (primary N) is 1. The van der Waals surface area contributed by atoms with E-state index in [1.54, 1.807) is 0 Å². The number of thioether (sulfide) groups is 1. The molecule has 2 N–H and O–H groups in total. The third-order valence-corrected chi connectivity index (χ3v) is 4.89. The van der Waals surface area contributed by atoms with Gasteiger partial charge in [0.25, 0.3) is 0 Å². The molecule has 0 aliphatic heterocycles. The van der Waals surface area contributed by atoms with Gasteiger partial charge < -0.3 is 5.73 Å². The second-order valence-electron chi connectivity index (χ2n) is 4.90. The molecule has 0 saturated heterocycles. The summed E-state index contributed by atoms with van der Waals surface area (Å²) in [6.45, 7) is 0. The van der Waals surface area contributed by atoms with Crippen LogP contribution in [0.5, 0.6) is 0 Å². The Balaban J connectivity index is 1.65. The molecule has 0 amide bonds. The van der Waals surface area contributed by atoms with Gasteiger partial charge in [-0.1, -0.05) is 46.3 Å². The van der Waals surface area contributed by atoms with E-state index in [-0.39, 0.29) is 6.04 Å². The summed E-state index contributed by atoms with van der Waals surface area (Å²) in [5.74, 6) is 0.983. The van der Waals surface area contributed by atoms with Gasteiger partial charge in [0.15, 0.2) is 0 Å². The van der Waals surface area contributed by atoms with E-state index in [2.05, 4.69) is 70.5 Å². The van der Waals surface area contributed by atoms with Crippen molar-refractivity contribution in [2.45, 2.75) is 30.2 Å². The van der Waals surface area contributed by atoms with E-state index in [0.29, 0.717) is 0 Å². The third-order valence-electron chi connectivity index (χ3n) is 3.16. The summed E-state index contributed by atoms with van der Waals surface area (Å²) in [7, 11) is 0. The Kier molecular flexibility index (Phi) is 6.64. The number of aryl methyl sites for hydroxylation is 1. The molecule has 20 heavy (non-hydrogen) atoms. The second-order valence-corrected chi connectivity index (χ2v) is 6.91. The zero-order chi connectivity index (χ0) is 14.2. The fraction of sp³-hybridized carbons (Fsp3) is 0.294. The topological polar surface area (TPSA) is 26.0 Å². The van der Waals surface area contributed by atoms with Crippen molar-refractivity contribution in [2.24, 2.45) is 5.73 Å². The van der Waals surface area contributed by atoms with Gasteiger partial charge in [-0.15, -0.1) is 11.8 Å². The Morgan fingerprint density at radius 1 is 1.00 bits per heavy atom. The summed E-state index contributed by atoms with van der Waals surface area (Å²) in [4.78, 5) is 1.28. The lowest BCUT2D eigenvalue weighted by Gasteiger charge is -2.11. The van der Waals surface area contributed by atoms with Crippen LogP contribution in [0, 0.1) is 0 Å². The average Bonchev–Trinajstić information content (AvgIpc) is 2.48. The molecule has 106 valence electrons. The van der Waals surface area contributed by atoms with E-state index in [0.717, 1.165) is 29.5 Å². The Hall–Kier alpha value is -0.770. The molecule has 0 fully saturated rings. The van der Waals surface area contributed by atoms with Gasteiger partial charge in [-0.05, 0) is 49.1 Å². The van der Waals surface area contributed by atoms with Crippen molar-refractivity contribution in [2.75, 3.05) is 5.75 Å². The van der Waals surface area contributed by atoms with Crippen LogP contribution in [0.25, 0.3) is 0 Å². The van der Waals surface area contributed by atoms with E-state index in [9.17, 15) is 0 Å². The Labute approximate surface area is 134 Å². The number of hydrogen-bond acceptors (Lipinski definition) is 2. The molecule has 0 spiro atoms. The fourth-order valence-corrected chi connectivity index (χ4v) is 3.20. The van der Waals surface area contributed by atoms with Crippen LogP contribution >= 0.6 is 27.7 Å². The van der Waals surface area contributed by atoms with Gasteiger partial charge in [-0.2, -0.15) is 0 Å². The lowest BCUT2D eigenvalue weighted by molar-refractivity contribution is 0.631. The highest BCUT2D eigenvalue weighted by atomic mass is 79.9. The van der Waals surface area contributed by atoms with Crippen LogP contribution in [0.2, 0.25) is 0 Å². The van der Waals surface area contributed by atoms with Crippen LogP contribution in [0.3, 0.4) is 0 Å². The maximum Gasteiger partial charge on any atom is 0.0176 e. The van der Waals surface area contributed by atoms with Crippen LogP contribution in [-0.2, 0) is 6.42 Å². The summed E-state index contributed by atoms with van der Waals surface area (Å²) >= 11 is 5.29. The predicted molar refractivity (Wildman–Crippen MR) is 92.2 cm³/mol. The highest BCUT2D eigenvalue weighted by Gasteiger charge is 2.04. The van der Waals surface area contributed by atoms with E-state index in [1.807, 2.05) is 11.8 Å². The van der Waals surface area contributed by atoms with Crippen molar-refractivity contribution in [3.63, 3.8) is 0 Å². The first-order valence-electron chi connectivity index (χ1n) is 6.92. The van der Waals surface area contributed by atoms with Crippen LogP contribution in [-0.4, -0.2) is 11.8 Å². The molecule has 1 unspecified atom stereocenters. The van der Waals surface area contributed by atoms with Gasteiger partial charge in [0.2, 0.25) is 0 Å². The van der Waals surface area contributed by atoms with E-state index < -0.39 is 0 Å². The minimum atomic E-state index is 0.271. The fourth-order valence-electron chi connectivity index (χ4n) is 2.03. The maximum atomic E-state index is 6.19. The first kappa shape index (κ1) is 15.6. The monoisotopic (exact) mass is 349 g/mol. The highest BCUT2D eigenvalue weighted by Crippen LogP contribution is 2.21. The molecule has 3 heteroatoms. The normalized spacial score (nSPS) is 12.3. The van der Waals surface area contributed by atoms with Gasteiger partial charge in [0.05, 0.1) is 0 Å². The van der Waals surface area contributed by atoms with Crippen molar-refractivity contribution < 1.29 is 0 Å². The van der Waals surface area contributed by atoms with Crippen molar-refractivity contribution in [3.8, 4) is 0 Å². The minimum absolute atomic E-state index is 0.271. The molecule has 1 nitrogen and oxygen atoms in total. The lowest BCUT2D eigenvalue weighted by Crippen LogP contribution is -2.22. The molecule has 2 rings (SSSR count). The maximum absolute atomic E-state index is 6.19. The van der Waals surface area contributed by atoms with Crippen LogP contribution in [0.1, 0.15) is 18.4 Å².